The molecule has 0 atom stereocenters. The van der Waals surface area contributed by atoms with E-state index in [9.17, 15) is 14.3 Å². The van der Waals surface area contributed by atoms with Crippen LogP contribution in [0.3, 0.4) is 0 Å². The van der Waals surface area contributed by atoms with Crippen LogP contribution in [0.15, 0.2) is 36.4 Å². The van der Waals surface area contributed by atoms with Gasteiger partial charge in [-0.3, -0.25) is 0 Å². The number of rotatable bonds is 2. The lowest BCUT2D eigenvalue weighted by molar-refractivity contribution is 0.0697. The number of aromatic carboxylic acids is 1. The number of carboxylic acids is 1. The van der Waals surface area contributed by atoms with Gasteiger partial charge in [-0.05, 0) is 37.6 Å². The first-order valence-corrected chi connectivity index (χ1v) is 5.59. The molecule has 0 amide bonds. The fourth-order valence-corrected chi connectivity index (χ4v) is 1.92. The zero-order chi connectivity index (χ0) is 13.3. The van der Waals surface area contributed by atoms with Gasteiger partial charge in [0.1, 0.15) is 5.82 Å². The third kappa shape index (κ3) is 2.25. The first kappa shape index (κ1) is 12.3. The van der Waals surface area contributed by atoms with Gasteiger partial charge in [-0.2, -0.15) is 0 Å². The molecule has 0 aliphatic carbocycles. The van der Waals surface area contributed by atoms with Crippen molar-refractivity contribution in [2.45, 2.75) is 13.8 Å². The maximum absolute atomic E-state index is 13.8. The Bertz CT molecular complexity index is 618. The third-order valence-electron chi connectivity index (χ3n) is 2.82. The van der Waals surface area contributed by atoms with Crippen LogP contribution in [0.4, 0.5) is 4.39 Å². The number of aryl methyl sites for hydroxylation is 2. The van der Waals surface area contributed by atoms with E-state index in [1.54, 1.807) is 30.3 Å². The molecule has 2 rings (SSSR count). The van der Waals surface area contributed by atoms with Crippen molar-refractivity contribution in [3.05, 3.63) is 58.9 Å². The Kier molecular flexibility index (Phi) is 3.15. The quantitative estimate of drug-likeness (QED) is 0.872. The molecule has 0 spiro atoms. The second-order valence-electron chi connectivity index (χ2n) is 4.34. The Morgan fingerprint density at radius 1 is 1.00 bits per heavy atom. The number of carbonyl (C=O) groups is 1. The Labute approximate surface area is 105 Å². The van der Waals surface area contributed by atoms with Crippen LogP contribution in [0.2, 0.25) is 0 Å². The van der Waals surface area contributed by atoms with Gasteiger partial charge in [-0.1, -0.05) is 29.3 Å². The molecule has 2 nitrogen and oxygen atoms in total. The third-order valence-corrected chi connectivity index (χ3v) is 2.82. The van der Waals surface area contributed by atoms with Crippen LogP contribution < -0.4 is 0 Å². The summed E-state index contributed by atoms with van der Waals surface area (Å²) in [5, 5.41) is 9.19. The molecule has 0 aliphatic rings. The molecule has 0 heterocycles. The fraction of sp³-hybridized carbons (Fsp3) is 0.133. The van der Waals surface area contributed by atoms with Gasteiger partial charge >= 0.3 is 5.97 Å². The van der Waals surface area contributed by atoms with Crippen LogP contribution in [0.5, 0.6) is 0 Å². The van der Waals surface area contributed by atoms with E-state index < -0.39 is 11.8 Å². The molecule has 0 bridgehead atoms. The Morgan fingerprint density at radius 3 is 2.28 bits per heavy atom. The van der Waals surface area contributed by atoms with Gasteiger partial charge in [0.05, 0.1) is 5.56 Å². The van der Waals surface area contributed by atoms with Crippen LogP contribution >= 0.6 is 0 Å². The summed E-state index contributed by atoms with van der Waals surface area (Å²) in [6.45, 7) is 3.65. The van der Waals surface area contributed by atoms with Crippen LogP contribution in [-0.4, -0.2) is 11.1 Å². The maximum atomic E-state index is 13.8. The maximum Gasteiger partial charge on any atom is 0.336 e. The van der Waals surface area contributed by atoms with Crippen molar-refractivity contribution in [1.29, 1.82) is 0 Å². The minimum Gasteiger partial charge on any atom is -0.478 e. The highest BCUT2D eigenvalue weighted by atomic mass is 19.1. The average Bonchev–Trinajstić information content (AvgIpc) is 2.32. The van der Waals surface area contributed by atoms with Gasteiger partial charge in [-0.25, -0.2) is 9.18 Å². The molecule has 3 heteroatoms. The summed E-state index contributed by atoms with van der Waals surface area (Å²) >= 11 is 0. The van der Waals surface area contributed by atoms with Crippen LogP contribution in [0.1, 0.15) is 21.5 Å². The summed E-state index contributed by atoms with van der Waals surface area (Å²) < 4.78 is 13.8. The molecular weight excluding hydrogens is 231 g/mol. The van der Waals surface area contributed by atoms with Crippen LogP contribution in [0, 0.1) is 19.7 Å². The summed E-state index contributed by atoms with van der Waals surface area (Å²) in [5.41, 5.74) is 2.59. The van der Waals surface area contributed by atoms with E-state index in [4.69, 9.17) is 0 Å². The van der Waals surface area contributed by atoms with E-state index in [0.29, 0.717) is 11.1 Å². The van der Waals surface area contributed by atoms with E-state index in [1.165, 1.54) is 6.07 Å². The summed E-state index contributed by atoms with van der Waals surface area (Å²) in [6.07, 6.45) is 0. The highest BCUT2D eigenvalue weighted by Gasteiger charge is 2.14. The lowest BCUT2D eigenvalue weighted by atomic mass is 9.96. The van der Waals surface area contributed by atoms with Gasteiger partial charge in [0.15, 0.2) is 0 Å². The van der Waals surface area contributed by atoms with E-state index in [1.807, 2.05) is 13.8 Å². The molecule has 0 saturated carbocycles. The minimum atomic E-state index is -1.05. The lowest BCUT2D eigenvalue weighted by Crippen LogP contribution is -2.01. The zero-order valence-electron chi connectivity index (χ0n) is 10.2. The van der Waals surface area contributed by atoms with Crippen molar-refractivity contribution in [3.63, 3.8) is 0 Å². The molecule has 92 valence electrons. The Hall–Kier alpha value is -2.16. The minimum absolute atomic E-state index is 0.125. The second kappa shape index (κ2) is 4.61. The van der Waals surface area contributed by atoms with E-state index >= 15 is 0 Å². The Balaban J connectivity index is 2.70. The molecule has 18 heavy (non-hydrogen) atoms. The van der Waals surface area contributed by atoms with Crippen molar-refractivity contribution in [1.82, 2.24) is 0 Å². The number of halogens is 1. The molecule has 0 unspecified atom stereocenters. The molecule has 2 aromatic carbocycles. The van der Waals surface area contributed by atoms with Crippen molar-refractivity contribution in [2.24, 2.45) is 0 Å². The van der Waals surface area contributed by atoms with Crippen molar-refractivity contribution in [2.75, 3.05) is 0 Å². The van der Waals surface area contributed by atoms with Gasteiger partial charge < -0.3 is 5.11 Å². The topological polar surface area (TPSA) is 37.3 Å². The van der Waals surface area contributed by atoms with Gasteiger partial charge in [0, 0.05) is 5.56 Å². The van der Waals surface area contributed by atoms with E-state index in [2.05, 4.69) is 0 Å². The van der Waals surface area contributed by atoms with Gasteiger partial charge in [0.2, 0.25) is 0 Å². The van der Waals surface area contributed by atoms with Gasteiger partial charge in [0.25, 0.3) is 0 Å². The number of hydrogen-bond donors (Lipinski definition) is 1. The molecule has 0 radical (unpaired) electrons. The summed E-state index contributed by atoms with van der Waals surface area (Å²) in [5.74, 6) is -1.46. The Morgan fingerprint density at radius 2 is 1.61 bits per heavy atom. The lowest BCUT2D eigenvalue weighted by Gasteiger charge is -2.09. The molecule has 0 aromatic heterocycles. The molecule has 0 fully saturated rings. The van der Waals surface area contributed by atoms with E-state index in [0.717, 1.165) is 11.1 Å². The predicted octanol–water partition coefficient (Wildman–Crippen LogP) is 3.81. The second-order valence-corrected chi connectivity index (χ2v) is 4.34. The standard InChI is InChI=1S/C15H13FO2/c1-9-3-5-11(13(8-9)15(17)18)12-7-10(2)4-6-14(12)16/h3-8H,1-2H3,(H,17,18). The molecule has 0 aliphatic heterocycles. The molecular formula is C15H13FO2. The number of benzene rings is 2. The van der Waals surface area contributed by atoms with Gasteiger partial charge in [-0.15, -0.1) is 0 Å². The van der Waals surface area contributed by atoms with Crippen molar-refractivity contribution >= 4 is 5.97 Å². The average molecular weight is 244 g/mol. The largest absolute Gasteiger partial charge is 0.478 e. The van der Waals surface area contributed by atoms with Crippen LogP contribution in [-0.2, 0) is 0 Å². The monoisotopic (exact) mass is 244 g/mol. The summed E-state index contributed by atoms with van der Waals surface area (Å²) in [6, 6.07) is 9.66. The first-order chi connectivity index (χ1) is 8.49. The zero-order valence-corrected chi connectivity index (χ0v) is 10.2. The molecule has 1 N–H and O–H groups in total. The highest BCUT2D eigenvalue weighted by molar-refractivity contribution is 5.96. The highest BCUT2D eigenvalue weighted by Crippen LogP contribution is 2.28. The number of hydrogen-bond acceptors (Lipinski definition) is 1. The molecule has 2 aromatic rings. The van der Waals surface area contributed by atoms with Crippen molar-refractivity contribution in [3.8, 4) is 11.1 Å². The molecule has 0 saturated heterocycles. The fourth-order valence-electron chi connectivity index (χ4n) is 1.92. The predicted molar refractivity (Wildman–Crippen MR) is 68.3 cm³/mol. The summed E-state index contributed by atoms with van der Waals surface area (Å²) in [7, 11) is 0. The van der Waals surface area contributed by atoms with Crippen molar-refractivity contribution < 1.29 is 14.3 Å². The number of carboxylic acid groups (broad SMARTS) is 1. The first-order valence-electron chi connectivity index (χ1n) is 5.59. The normalized spacial score (nSPS) is 10.4. The smallest absolute Gasteiger partial charge is 0.336 e. The SMILES string of the molecule is Cc1ccc(-c2cc(C)ccc2F)c(C(=O)O)c1. The van der Waals surface area contributed by atoms with E-state index in [-0.39, 0.29) is 5.56 Å². The van der Waals surface area contributed by atoms with Crippen LogP contribution in [0.25, 0.3) is 11.1 Å². The summed E-state index contributed by atoms with van der Waals surface area (Å²) in [4.78, 5) is 11.2.